The summed E-state index contributed by atoms with van der Waals surface area (Å²) >= 11 is 0. The standard InChI is InChI=1S/C18H22N2/c1-14-11-18(8-7-16(14)12-19-2)20-10-9-15-5-3-4-6-17(15)13-20/h3-8,11,19H,9-10,12-13H2,1-2H3. The second kappa shape index (κ2) is 5.68. The first-order chi connectivity index (χ1) is 9.78. The van der Waals surface area contributed by atoms with Crippen molar-refractivity contribution in [3.8, 4) is 0 Å². The van der Waals surface area contributed by atoms with Gasteiger partial charge in [0.05, 0.1) is 0 Å². The predicted octanol–water partition coefficient (Wildman–Crippen LogP) is 3.28. The van der Waals surface area contributed by atoms with Crippen molar-refractivity contribution >= 4 is 5.69 Å². The first kappa shape index (κ1) is 13.2. The van der Waals surface area contributed by atoms with Crippen molar-refractivity contribution < 1.29 is 0 Å². The fourth-order valence-electron chi connectivity index (χ4n) is 2.98. The second-order valence-electron chi connectivity index (χ2n) is 5.58. The van der Waals surface area contributed by atoms with Gasteiger partial charge in [0.25, 0.3) is 0 Å². The fraction of sp³-hybridized carbons (Fsp3) is 0.333. The maximum absolute atomic E-state index is 3.22. The summed E-state index contributed by atoms with van der Waals surface area (Å²) in [4.78, 5) is 2.48. The van der Waals surface area contributed by atoms with E-state index in [9.17, 15) is 0 Å². The van der Waals surface area contributed by atoms with Crippen LogP contribution in [-0.2, 0) is 19.5 Å². The van der Waals surface area contributed by atoms with Crippen LogP contribution in [0.2, 0.25) is 0 Å². The average molecular weight is 266 g/mol. The van der Waals surface area contributed by atoms with Crippen molar-refractivity contribution in [1.82, 2.24) is 5.32 Å². The topological polar surface area (TPSA) is 15.3 Å². The number of benzene rings is 2. The van der Waals surface area contributed by atoms with Crippen molar-refractivity contribution in [1.29, 1.82) is 0 Å². The van der Waals surface area contributed by atoms with Gasteiger partial charge < -0.3 is 10.2 Å². The van der Waals surface area contributed by atoms with Crippen molar-refractivity contribution in [2.75, 3.05) is 18.5 Å². The molecule has 0 spiro atoms. The van der Waals surface area contributed by atoms with E-state index in [0.29, 0.717) is 0 Å². The van der Waals surface area contributed by atoms with Crippen LogP contribution >= 0.6 is 0 Å². The van der Waals surface area contributed by atoms with Crippen LogP contribution < -0.4 is 10.2 Å². The molecule has 1 aliphatic rings. The minimum atomic E-state index is 0.939. The highest BCUT2D eigenvalue weighted by atomic mass is 15.1. The summed E-state index contributed by atoms with van der Waals surface area (Å²) < 4.78 is 0. The van der Waals surface area contributed by atoms with Crippen molar-refractivity contribution in [3.63, 3.8) is 0 Å². The number of nitrogens with zero attached hydrogens (tertiary/aromatic N) is 1. The van der Waals surface area contributed by atoms with Crippen molar-refractivity contribution in [3.05, 3.63) is 64.7 Å². The Labute approximate surface area is 121 Å². The maximum Gasteiger partial charge on any atom is 0.0432 e. The molecule has 2 aromatic carbocycles. The molecular formula is C18H22N2. The lowest BCUT2D eigenvalue weighted by Crippen LogP contribution is -2.30. The van der Waals surface area contributed by atoms with E-state index >= 15 is 0 Å². The minimum Gasteiger partial charge on any atom is -0.367 e. The molecule has 0 aromatic heterocycles. The third-order valence-electron chi connectivity index (χ3n) is 4.19. The van der Waals surface area contributed by atoms with Crippen molar-refractivity contribution in [2.24, 2.45) is 0 Å². The van der Waals surface area contributed by atoms with Gasteiger partial charge in [0.15, 0.2) is 0 Å². The molecule has 0 aliphatic carbocycles. The van der Waals surface area contributed by atoms with Crippen LogP contribution in [0.1, 0.15) is 22.3 Å². The van der Waals surface area contributed by atoms with Crippen LogP contribution in [0.5, 0.6) is 0 Å². The lowest BCUT2D eigenvalue weighted by atomic mass is 9.99. The van der Waals surface area contributed by atoms with E-state index in [1.54, 1.807) is 0 Å². The van der Waals surface area contributed by atoms with Gasteiger partial charge in [-0.05, 0) is 54.8 Å². The zero-order valence-corrected chi connectivity index (χ0v) is 12.3. The Hall–Kier alpha value is -1.80. The number of hydrogen-bond donors (Lipinski definition) is 1. The van der Waals surface area contributed by atoms with Crippen LogP contribution in [-0.4, -0.2) is 13.6 Å². The molecule has 3 rings (SSSR count). The molecule has 1 aliphatic heterocycles. The molecular weight excluding hydrogens is 244 g/mol. The van der Waals surface area contributed by atoms with Gasteiger partial charge in [-0.25, -0.2) is 0 Å². The molecule has 0 saturated heterocycles. The van der Waals surface area contributed by atoms with E-state index in [1.165, 1.54) is 27.9 Å². The first-order valence-corrected chi connectivity index (χ1v) is 7.34. The Morgan fingerprint density at radius 1 is 1.10 bits per heavy atom. The third-order valence-corrected chi connectivity index (χ3v) is 4.19. The third kappa shape index (κ3) is 2.56. The van der Waals surface area contributed by atoms with Gasteiger partial charge in [-0.15, -0.1) is 0 Å². The largest absolute Gasteiger partial charge is 0.367 e. The van der Waals surface area contributed by atoms with Crippen LogP contribution in [0.25, 0.3) is 0 Å². The van der Waals surface area contributed by atoms with Gasteiger partial charge in [0.1, 0.15) is 0 Å². The number of rotatable bonds is 3. The average Bonchev–Trinajstić information content (AvgIpc) is 2.49. The van der Waals surface area contributed by atoms with Gasteiger partial charge in [-0.2, -0.15) is 0 Å². The van der Waals surface area contributed by atoms with E-state index in [2.05, 4.69) is 59.6 Å². The molecule has 2 aromatic rings. The molecule has 0 unspecified atom stereocenters. The molecule has 2 heteroatoms. The molecule has 2 nitrogen and oxygen atoms in total. The number of hydrogen-bond acceptors (Lipinski definition) is 2. The second-order valence-corrected chi connectivity index (χ2v) is 5.58. The van der Waals surface area contributed by atoms with E-state index in [4.69, 9.17) is 0 Å². The number of nitrogens with one attached hydrogen (secondary N) is 1. The fourth-order valence-corrected chi connectivity index (χ4v) is 2.98. The molecule has 0 amide bonds. The summed E-state index contributed by atoms with van der Waals surface area (Å²) in [7, 11) is 1.99. The Bertz CT molecular complexity index is 604. The molecule has 0 fully saturated rings. The van der Waals surface area contributed by atoms with Crippen LogP contribution in [0, 0.1) is 6.92 Å². The smallest absolute Gasteiger partial charge is 0.0432 e. The summed E-state index contributed by atoms with van der Waals surface area (Å²) in [6.45, 7) is 5.28. The lowest BCUT2D eigenvalue weighted by Gasteiger charge is -2.31. The molecule has 0 radical (unpaired) electrons. The Morgan fingerprint density at radius 3 is 2.65 bits per heavy atom. The molecule has 0 atom stereocenters. The molecule has 0 saturated carbocycles. The molecule has 0 bridgehead atoms. The molecule has 1 heterocycles. The van der Waals surface area contributed by atoms with E-state index < -0.39 is 0 Å². The highest BCUT2D eigenvalue weighted by Gasteiger charge is 2.16. The normalized spacial score (nSPS) is 14.2. The Morgan fingerprint density at radius 2 is 1.90 bits per heavy atom. The summed E-state index contributed by atoms with van der Waals surface area (Å²) in [6.07, 6.45) is 1.15. The minimum absolute atomic E-state index is 0.939. The zero-order valence-electron chi connectivity index (χ0n) is 12.3. The molecule has 20 heavy (non-hydrogen) atoms. The predicted molar refractivity (Wildman–Crippen MR) is 85.1 cm³/mol. The zero-order chi connectivity index (χ0) is 13.9. The summed E-state index contributed by atoms with van der Waals surface area (Å²) in [5.74, 6) is 0. The van der Waals surface area contributed by atoms with E-state index in [1.807, 2.05) is 7.05 Å². The van der Waals surface area contributed by atoms with Crippen LogP contribution in [0.15, 0.2) is 42.5 Å². The number of anilines is 1. The van der Waals surface area contributed by atoms with Crippen LogP contribution in [0.3, 0.4) is 0 Å². The maximum atomic E-state index is 3.22. The van der Waals surface area contributed by atoms with Crippen LogP contribution in [0.4, 0.5) is 5.69 Å². The van der Waals surface area contributed by atoms with E-state index in [-0.39, 0.29) is 0 Å². The summed E-state index contributed by atoms with van der Waals surface area (Å²) in [5, 5.41) is 3.22. The van der Waals surface area contributed by atoms with Gasteiger partial charge in [0, 0.05) is 25.3 Å². The Balaban J connectivity index is 1.83. The molecule has 104 valence electrons. The Kier molecular flexibility index (Phi) is 3.75. The highest BCUT2D eigenvalue weighted by Crippen LogP contribution is 2.26. The monoisotopic (exact) mass is 266 g/mol. The quantitative estimate of drug-likeness (QED) is 0.917. The SMILES string of the molecule is CNCc1ccc(N2CCc3ccccc3C2)cc1C. The molecule has 1 N–H and O–H groups in total. The summed E-state index contributed by atoms with van der Waals surface area (Å²) in [6, 6.07) is 15.6. The summed E-state index contributed by atoms with van der Waals surface area (Å²) in [5.41, 5.74) is 7.07. The van der Waals surface area contributed by atoms with Gasteiger partial charge >= 0.3 is 0 Å². The first-order valence-electron chi connectivity index (χ1n) is 7.34. The van der Waals surface area contributed by atoms with E-state index in [0.717, 1.165) is 26.1 Å². The number of fused-ring (bicyclic) bond motifs is 1. The highest BCUT2D eigenvalue weighted by molar-refractivity contribution is 5.53. The van der Waals surface area contributed by atoms with Gasteiger partial charge in [-0.3, -0.25) is 0 Å². The van der Waals surface area contributed by atoms with Gasteiger partial charge in [-0.1, -0.05) is 30.3 Å². The lowest BCUT2D eigenvalue weighted by molar-refractivity contribution is 0.730. The number of aryl methyl sites for hydroxylation is 1. The van der Waals surface area contributed by atoms with Gasteiger partial charge in [0.2, 0.25) is 0 Å². The van der Waals surface area contributed by atoms with Crippen molar-refractivity contribution in [2.45, 2.75) is 26.4 Å².